The number of thiophene rings is 2. The Labute approximate surface area is 155 Å². The first-order chi connectivity index (χ1) is 12.0. The highest BCUT2D eigenvalue weighted by molar-refractivity contribution is 7.17. The molecule has 4 rings (SSSR count). The zero-order valence-corrected chi connectivity index (χ0v) is 15.9. The second kappa shape index (κ2) is 6.57. The van der Waals surface area contributed by atoms with E-state index in [1.807, 2.05) is 5.38 Å². The van der Waals surface area contributed by atoms with E-state index in [2.05, 4.69) is 12.2 Å². The van der Waals surface area contributed by atoms with Gasteiger partial charge in [-0.05, 0) is 62.0 Å². The van der Waals surface area contributed by atoms with Gasteiger partial charge in [0.1, 0.15) is 5.00 Å². The zero-order valence-electron chi connectivity index (χ0n) is 14.3. The van der Waals surface area contributed by atoms with Crippen molar-refractivity contribution in [3.05, 3.63) is 37.4 Å². The Bertz CT molecular complexity index is 850. The summed E-state index contributed by atoms with van der Waals surface area (Å²) in [4.78, 5) is 27.4. The van der Waals surface area contributed by atoms with E-state index in [9.17, 15) is 9.59 Å². The Morgan fingerprint density at radius 3 is 2.76 bits per heavy atom. The molecule has 0 bridgehead atoms. The molecule has 0 fully saturated rings. The molecule has 3 N–H and O–H groups in total. The predicted molar refractivity (Wildman–Crippen MR) is 103 cm³/mol. The van der Waals surface area contributed by atoms with Crippen molar-refractivity contribution in [2.45, 2.75) is 51.9 Å². The summed E-state index contributed by atoms with van der Waals surface area (Å²) >= 11 is 3.21. The molecule has 2 heterocycles. The molecule has 0 saturated carbocycles. The normalized spacial score (nSPS) is 19.2. The van der Waals surface area contributed by atoms with Gasteiger partial charge in [0, 0.05) is 15.1 Å². The highest BCUT2D eigenvalue weighted by Gasteiger charge is 2.27. The number of amides is 2. The maximum atomic E-state index is 12.9. The smallest absolute Gasteiger partial charge is 0.257 e. The van der Waals surface area contributed by atoms with Crippen LogP contribution in [-0.2, 0) is 25.7 Å². The second-order valence-corrected chi connectivity index (χ2v) is 9.20. The minimum absolute atomic E-state index is 0.104. The Balaban J connectivity index is 1.64. The first kappa shape index (κ1) is 16.8. The number of aryl methyl sites for hydroxylation is 1. The number of fused-ring (bicyclic) bond motifs is 2. The minimum Gasteiger partial charge on any atom is -0.365 e. The van der Waals surface area contributed by atoms with Crippen LogP contribution in [0.1, 0.15) is 67.8 Å². The van der Waals surface area contributed by atoms with E-state index >= 15 is 0 Å². The fourth-order valence-electron chi connectivity index (χ4n) is 3.95. The largest absolute Gasteiger partial charge is 0.365 e. The molecule has 0 radical (unpaired) electrons. The topological polar surface area (TPSA) is 72.2 Å². The molecule has 2 amide bonds. The van der Waals surface area contributed by atoms with Crippen LogP contribution in [0.15, 0.2) is 5.38 Å². The van der Waals surface area contributed by atoms with Crippen LogP contribution in [0.2, 0.25) is 0 Å². The van der Waals surface area contributed by atoms with Gasteiger partial charge in [-0.1, -0.05) is 6.92 Å². The molecule has 0 aliphatic heterocycles. The molecule has 4 nitrogen and oxygen atoms in total. The van der Waals surface area contributed by atoms with E-state index in [0.29, 0.717) is 16.5 Å². The van der Waals surface area contributed by atoms with Crippen LogP contribution in [-0.4, -0.2) is 11.8 Å². The van der Waals surface area contributed by atoms with Crippen molar-refractivity contribution in [2.75, 3.05) is 5.32 Å². The molecule has 2 aromatic heterocycles. The van der Waals surface area contributed by atoms with Crippen molar-refractivity contribution in [1.82, 2.24) is 0 Å². The lowest BCUT2D eigenvalue weighted by molar-refractivity contribution is 0.100. The maximum absolute atomic E-state index is 12.9. The number of rotatable bonds is 3. The molecule has 2 aromatic rings. The summed E-state index contributed by atoms with van der Waals surface area (Å²) in [5.41, 5.74) is 9.18. The summed E-state index contributed by atoms with van der Waals surface area (Å²) in [6.45, 7) is 2.26. The number of nitrogens with one attached hydrogen (secondary N) is 1. The third kappa shape index (κ3) is 3.02. The lowest BCUT2D eigenvalue weighted by Gasteiger charge is -2.18. The molecule has 2 aliphatic rings. The van der Waals surface area contributed by atoms with Gasteiger partial charge in [0.15, 0.2) is 0 Å². The number of anilines is 1. The Hall–Kier alpha value is -1.66. The van der Waals surface area contributed by atoms with Gasteiger partial charge in [-0.25, -0.2) is 0 Å². The number of carbonyl (C=O) groups excluding carboxylic acids is 2. The van der Waals surface area contributed by atoms with Crippen molar-refractivity contribution in [1.29, 1.82) is 0 Å². The Morgan fingerprint density at radius 2 is 1.96 bits per heavy atom. The van der Waals surface area contributed by atoms with E-state index in [1.54, 1.807) is 11.3 Å². The highest BCUT2D eigenvalue weighted by atomic mass is 32.1. The lowest BCUT2D eigenvalue weighted by atomic mass is 9.88. The Kier molecular flexibility index (Phi) is 4.41. The van der Waals surface area contributed by atoms with Crippen LogP contribution in [0.5, 0.6) is 0 Å². The minimum atomic E-state index is -0.434. The molecule has 0 aromatic carbocycles. The van der Waals surface area contributed by atoms with Gasteiger partial charge in [-0.2, -0.15) is 0 Å². The molecule has 0 saturated heterocycles. The number of primary amides is 1. The summed E-state index contributed by atoms with van der Waals surface area (Å²) in [5.74, 6) is 0.150. The van der Waals surface area contributed by atoms with Crippen LogP contribution in [0.25, 0.3) is 0 Å². The molecule has 1 unspecified atom stereocenters. The summed E-state index contributed by atoms with van der Waals surface area (Å²) in [6.07, 6.45) is 7.22. The van der Waals surface area contributed by atoms with Crippen molar-refractivity contribution < 1.29 is 9.59 Å². The van der Waals surface area contributed by atoms with Gasteiger partial charge in [0.05, 0.1) is 11.1 Å². The molecule has 25 heavy (non-hydrogen) atoms. The van der Waals surface area contributed by atoms with E-state index in [1.165, 1.54) is 26.7 Å². The zero-order chi connectivity index (χ0) is 17.6. The highest BCUT2D eigenvalue weighted by Crippen LogP contribution is 2.39. The molecule has 0 spiro atoms. The molecule has 132 valence electrons. The molecular formula is C19H22N2O2S2. The van der Waals surface area contributed by atoms with E-state index in [4.69, 9.17) is 5.73 Å². The van der Waals surface area contributed by atoms with Crippen molar-refractivity contribution in [3.63, 3.8) is 0 Å². The number of carbonyl (C=O) groups is 2. The van der Waals surface area contributed by atoms with Crippen LogP contribution in [0.3, 0.4) is 0 Å². The molecule has 1 atom stereocenters. The first-order valence-electron chi connectivity index (χ1n) is 8.89. The van der Waals surface area contributed by atoms with Crippen LogP contribution < -0.4 is 11.1 Å². The SMILES string of the molecule is CC1CCc2c(C(=O)Nc3sc4c(c3C(N)=O)CCCC4)csc2C1. The fourth-order valence-corrected chi connectivity index (χ4v) is 6.49. The average Bonchev–Trinajstić information content (AvgIpc) is 3.14. The number of hydrogen-bond donors (Lipinski definition) is 2. The summed E-state index contributed by atoms with van der Waals surface area (Å²) in [5, 5.41) is 5.60. The van der Waals surface area contributed by atoms with Crippen LogP contribution in [0.4, 0.5) is 5.00 Å². The molecular weight excluding hydrogens is 352 g/mol. The fraction of sp³-hybridized carbons (Fsp3) is 0.474. The quantitative estimate of drug-likeness (QED) is 0.846. The summed E-state index contributed by atoms with van der Waals surface area (Å²) in [7, 11) is 0. The predicted octanol–water partition coefficient (Wildman–Crippen LogP) is 4.16. The third-order valence-electron chi connectivity index (χ3n) is 5.29. The van der Waals surface area contributed by atoms with Crippen molar-refractivity contribution in [3.8, 4) is 0 Å². The standard InChI is InChI=1S/C19H22N2O2S2/c1-10-6-7-11-13(9-24-15(11)8-10)18(23)21-19-16(17(20)22)12-4-2-3-5-14(12)25-19/h9-10H,2-8H2,1H3,(H2,20,22)(H,21,23). The van der Waals surface area contributed by atoms with Crippen LogP contribution >= 0.6 is 22.7 Å². The van der Waals surface area contributed by atoms with Crippen molar-refractivity contribution >= 4 is 39.5 Å². The number of hydrogen-bond acceptors (Lipinski definition) is 4. The summed E-state index contributed by atoms with van der Waals surface area (Å²) < 4.78 is 0. The number of nitrogens with two attached hydrogens (primary N) is 1. The monoisotopic (exact) mass is 374 g/mol. The molecule has 2 aliphatic carbocycles. The van der Waals surface area contributed by atoms with Crippen LogP contribution in [0, 0.1) is 5.92 Å². The van der Waals surface area contributed by atoms with Gasteiger partial charge < -0.3 is 11.1 Å². The average molecular weight is 375 g/mol. The summed E-state index contributed by atoms with van der Waals surface area (Å²) in [6, 6.07) is 0. The van der Waals surface area contributed by atoms with Gasteiger partial charge in [0.2, 0.25) is 0 Å². The van der Waals surface area contributed by atoms with Gasteiger partial charge in [-0.3, -0.25) is 9.59 Å². The third-order valence-corrected chi connectivity index (χ3v) is 7.55. The van der Waals surface area contributed by atoms with Crippen molar-refractivity contribution in [2.24, 2.45) is 11.7 Å². The van der Waals surface area contributed by atoms with E-state index in [-0.39, 0.29) is 5.91 Å². The first-order valence-corrected chi connectivity index (χ1v) is 10.6. The Morgan fingerprint density at radius 1 is 1.16 bits per heavy atom. The van der Waals surface area contributed by atoms with Gasteiger partial charge in [-0.15, -0.1) is 22.7 Å². The van der Waals surface area contributed by atoms with E-state index in [0.717, 1.165) is 56.1 Å². The maximum Gasteiger partial charge on any atom is 0.257 e. The second-order valence-electron chi connectivity index (χ2n) is 7.13. The van der Waals surface area contributed by atoms with Gasteiger partial charge in [0.25, 0.3) is 11.8 Å². The molecule has 6 heteroatoms. The van der Waals surface area contributed by atoms with E-state index < -0.39 is 5.91 Å². The lowest BCUT2D eigenvalue weighted by Crippen LogP contribution is -2.19. The van der Waals surface area contributed by atoms with Gasteiger partial charge >= 0.3 is 0 Å².